The van der Waals surface area contributed by atoms with Crippen LogP contribution in [0.1, 0.15) is 15.9 Å². The molecule has 1 aliphatic rings. The van der Waals surface area contributed by atoms with Gasteiger partial charge in [0.2, 0.25) is 10.0 Å². The SMILES string of the molecule is COc1ccc(F)cc1COC(=O)c1cc(S(=O)(=O)N2CCOCC2)ccc1Cl. The van der Waals surface area contributed by atoms with Gasteiger partial charge in [0.05, 0.1) is 35.8 Å². The Labute approximate surface area is 173 Å². The number of carbonyl (C=O) groups excluding carboxylic acids is 1. The summed E-state index contributed by atoms with van der Waals surface area (Å²) in [6, 6.07) is 7.67. The molecule has 0 N–H and O–H groups in total. The molecule has 1 saturated heterocycles. The minimum Gasteiger partial charge on any atom is -0.496 e. The number of methoxy groups -OCH3 is 1. The Morgan fingerprint density at radius 1 is 1.21 bits per heavy atom. The second-order valence-corrected chi connectivity index (χ2v) is 8.54. The lowest BCUT2D eigenvalue weighted by molar-refractivity contribution is 0.0469. The molecule has 0 saturated carbocycles. The number of nitrogens with zero attached hydrogens (tertiary/aromatic N) is 1. The molecule has 156 valence electrons. The Morgan fingerprint density at radius 2 is 1.93 bits per heavy atom. The van der Waals surface area contributed by atoms with Crippen LogP contribution in [0, 0.1) is 5.82 Å². The third-order valence-electron chi connectivity index (χ3n) is 4.37. The quantitative estimate of drug-likeness (QED) is 0.638. The molecule has 0 spiro atoms. The summed E-state index contributed by atoms with van der Waals surface area (Å²) in [5.74, 6) is -0.984. The minimum atomic E-state index is -3.80. The van der Waals surface area contributed by atoms with Crippen molar-refractivity contribution in [2.75, 3.05) is 33.4 Å². The zero-order valence-electron chi connectivity index (χ0n) is 15.6. The van der Waals surface area contributed by atoms with E-state index in [4.69, 9.17) is 25.8 Å². The van der Waals surface area contributed by atoms with Crippen LogP contribution in [0.4, 0.5) is 4.39 Å². The first kappa shape index (κ1) is 21.5. The fourth-order valence-corrected chi connectivity index (χ4v) is 4.47. The van der Waals surface area contributed by atoms with Gasteiger partial charge in [0.25, 0.3) is 0 Å². The van der Waals surface area contributed by atoms with Gasteiger partial charge in [0.1, 0.15) is 18.2 Å². The lowest BCUT2D eigenvalue weighted by atomic mass is 10.2. The molecule has 0 unspecified atom stereocenters. The monoisotopic (exact) mass is 443 g/mol. The molecule has 1 fully saturated rings. The molecule has 2 aromatic rings. The van der Waals surface area contributed by atoms with Crippen LogP contribution in [-0.2, 0) is 26.1 Å². The maximum absolute atomic E-state index is 13.5. The summed E-state index contributed by atoms with van der Waals surface area (Å²) < 4.78 is 55.8. The molecule has 10 heteroatoms. The molecule has 0 atom stereocenters. The van der Waals surface area contributed by atoms with Crippen molar-refractivity contribution in [3.63, 3.8) is 0 Å². The van der Waals surface area contributed by atoms with Crippen LogP contribution in [0.25, 0.3) is 0 Å². The number of ether oxygens (including phenoxy) is 3. The van der Waals surface area contributed by atoms with Gasteiger partial charge in [-0.05, 0) is 36.4 Å². The van der Waals surface area contributed by atoms with Crippen molar-refractivity contribution in [2.24, 2.45) is 0 Å². The molecule has 0 aliphatic carbocycles. The number of halogens is 2. The van der Waals surface area contributed by atoms with E-state index in [1.54, 1.807) is 0 Å². The fourth-order valence-electron chi connectivity index (χ4n) is 2.84. The summed E-state index contributed by atoms with van der Waals surface area (Å²) in [5, 5.41) is 0.0436. The summed E-state index contributed by atoms with van der Waals surface area (Å²) in [5.41, 5.74) is 0.227. The maximum atomic E-state index is 13.5. The first-order valence-electron chi connectivity index (χ1n) is 8.70. The normalized spacial score (nSPS) is 15.1. The van der Waals surface area contributed by atoms with E-state index in [2.05, 4.69) is 0 Å². The first-order chi connectivity index (χ1) is 13.8. The number of hydrogen-bond donors (Lipinski definition) is 0. The summed E-state index contributed by atoms with van der Waals surface area (Å²) in [6.07, 6.45) is 0. The van der Waals surface area contributed by atoms with Crippen molar-refractivity contribution in [1.82, 2.24) is 4.31 Å². The average molecular weight is 444 g/mol. The Morgan fingerprint density at radius 3 is 2.62 bits per heavy atom. The summed E-state index contributed by atoms with van der Waals surface area (Å²) in [7, 11) is -2.39. The molecular weight excluding hydrogens is 425 g/mol. The number of hydrogen-bond acceptors (Lipinski definition) is 6. The number of rotatable bonds is 6. The van der Waals surface area contributed by atoms with E-state index < -0.39 is 21.8 Å². The van der Waals surface area contributed by atoms with Crippen LogP contribution in [-0.4, -0.2) is 52.1 Å². The van der Waals surface area contributed by atoms with E-state index >= 15 is 0 Å². The molecule has 29 heavy (non-hydrogen) atoms. The summed E-state index contributed by atoms with van der Waals surface area (Å²) >= 11 is 6.08. The van der Waals surface area contributed by atoms with Crippen molar-refractivity contribution in [1.29, 1.82) is 0 Å². The van der Waals surface area contributed by atoms with Gasteiger partial charge in [-0.1, -0.05) is 11.6 Å². The molecule has 1 heterocycles. The predicted molar refractivity (Wildman–Crippen MR) is 103 cm³/mol. The Bertz CT molecular complexity index is 1010. The number of esters is 1. The van der Waals surface area contributed by atoms with Crippen LogP contribution in [0.2, 0.25) is 5.02 Å². The zero-order chi connectivity index (χ0) is 21.0. The maximum Gasteiger partial charge on any atom is 0.340 e. The molecule has 0 radical (unpaired) electrons. The standard InChI is InChI=1S/C19H19ClFNO6S/c1-26-18-5-2-14(21)10-13(18)12-28-19(23)16-11-15(3-4-17(16)20)29(24,25)22-6-8-27-9-7-22/h2-5,10-11H,6-9,12H2,1H3. The predicted octanol–water partition coefficient (Wildman–Crippen LogP) is 2.87. The number of sulfonamides is 1. The average Bonchev–Trinajstić information content (AvgIpc) is 2.73. The molecule has 0 aromatic heterocycles. The molecule has 3 rings (SSSR count). The fraction of sp³-hybridized carbons (Fsp3) is 0.316. The third-order valence-corrected chi connectivity index (χ3v) is 6.59. The smallest absolute Gasteiger partial charge is 0.340 e. The molecule has 0 amide bonds. The van der Waals surface area contributed by atoms with E-state index in [0.717, 1.165) is 0 Å². The highest BCUT2D eigenvalue weighted by molar-refractivity contribution is 7.89. The zero-order valence-corrected chi connectivity index (χ0v) is 17.1. The van der Waals surface area contributed by atoms with Gasteiger partial charge in [-0.3, -0.25) is 0 Å². The summed E-state index contributed by atoms with van der Waals surface area (Å²) in [4.78, 5) is 12.4. The van der Waals surface area contributed by atoms with Gasteiger partial charge in [-0.25, -0.2) is 17.6 Å². The van der Waals surface area contributed by atoms with Crippen molar-refractivity contribution in [3.8, 4) is 5.75 Å². The van der Waals surface area contributed by atoms with E-state index in [9.17, 15) is 17.6 Å². The van der Waals surface area contributed by atoms with E-state index in [1.807, 2.05) is 0 Å². The molecule has 2 aromatic carbocycles. The number of benzene rings is 2. The van der Waals surface area contributed by atoms with E-state index in [-0.39, 0.29) is 35.2 Å². The molecule has 0 bridgehead atoms. The van der Waals surface area contributed by atoms with Crippen LogP contribution >= 0.6 is 11.6 Å². The van der Waals surface area contributed by atoms with Crippen molar-refractivity contribution < 1.29 is 31.8 Å². The van der Waals surface area contributed by atoms with Crippen molar-refractivity contribution in [3.05, 3.63) is 58.4 Å². The van der Waals surface area contributed by atoms with Gasteiger partial charge < -0.3 is 14.2 Å². The van der Waals surface area contributed by atoms with E-state index in [0.29, 0.717) is 24.5 Å². The van der Waals surface area contributed by atoms with Crippen molar-refractivity contribution >= 4 is 27.6 Å². The number of carbonyl (C=O) groups is 1. The van der Waals surface area contributed by atoms with E-state index in [1.165, 1.54) is 47.8 Å². The lowest BCUT2D eigenvalue weighted by Gasteiger charge is -2.26. The van der Waals surface area contributed by atoms with Gasteiger partial charge in [0.15, 0.2) is 0 Å². The van der Waals surface area contributed by atoms with Gasteiger partial charge >= 0.3 is 5.97 Å². The highest BCUT2D eigenvalue weighted by atomic mass is 35.5. The molecule has 7 nitrogen and oxygen atoms in total. The first-order valence-corrected chi connectivity index (χ1v) is 10.5. The highest BCUT2D eigenvalue weighted by Gasteiger charge is 2.28. The Balaban J connectivity index is 1.81. The van der Waals surface area contributed by atoms with Crippen LogP contribution < -0.4 is 4.74 Å². The topological polar surface area (TPSA) is 82.1 Å². The molecule has 1 aliphatic heterocycles. The van der Waals surface area contributed by atoms with Crippen molar-refractivity contribution in [2.45, 2.75) is 11.5 Å². The Kier molecular flexibility index (Phi) is 6.74. The highest BCUT2D eigenvalue weighted by Crippen LogP contribution is 2.26. The van der Waals surface area contributed by atoms with Crippen LogP contribution in [0.3, 0.4) is 0 Å². The van der Waals surface area contributed by atoms with Gasteiger partial charge in [-0.2, -0.15) is 4.31 Å². The molecular formula is C19H19ClFNO6S. The third kappa shape index (κ3) is 4.87. The largest absolute Gasteiger partial charge is 0.496 e. The second kappa shape index (κ2) is 9.08. The van der Waals surface area contributed by atoms with Gasteiger partial charge in [-0.15, -0.1) is 0 Å². The van der Waals surface area contributed by atoms with Crippen LogP contribution in [0.5, 0.6) is 5.75 Å². The second-order valence-electron chi connectivity index (χ2n) is 6.19. The van der Waals surface area contributed by atoms with Gasteiger partial charge in [0, 0.05) is 18.7 Å². The van der Waals surface area contributed by atoms with Crippen LogP contribution in [0.15, 0.2) is 41.3 Å². The lowest BCUT2D eigenvalue weighted by Crippen LogP contribution is -2.40. The Hall–Kier alpha value is -2.20. The minimum absolute atomic E-state index is 0.0436. The number of morpholine rings is 1. The summed E-state index contributed by atoms with van der Waals surface area (Å²) in [6.45, 7) is 0.791.